The number of hydrogen-bond acceptors (Lipinski definition) is 4. The van der Waals surface area contributed by atoms with E-state index < -0.39 is 0 Å². The van der Waals surface area contributed by atoms with Crippen LogP contribution in [0.15, 0.2) is 42.5 Å². The largest absolute Gasteiger partial charge is 0.493 e. The average Bonchev–Trinajstić information content (AvgIpc) is 3.51. The van der Waals surface area contributed by atoms with Gasteiger partial charge in [-0.25, -0.2) is 0 Å². The Morgan fingerprint density at radius 1 is 1.10 bits per heavy atom. The number of benzene rings is 2. The number of methoxy groups -OCH3 is 1. The Hall–Kier alpha value is -2.44. The molecule has 0 saturated heterocycles. The minimum Gasteiger partial charge on any atom is -0.493 e. The van der Waals surface area contributed by atoms with Crippen molar-refractivity contribution in [3.63, 3.8) is 0 Å². The van der Waals surface area contributed by atoms with Gasteiger partial charge in [-0.15, -0.1) is 0 Å². The van der Waals surface area contributed by atoms with Crippen molar-refractivity contribution in [2.45, 2.75) is 25.3 Å². The van der Waals surface area contributed by atoms with Crippen LogP contribution in [0.2, 0.25) is 10.0 Å². The summed E-state index contributed by atoms with van der Waals surface area (Å²) >= 11 is 11.9. The van der Waals surface area contributed by atoms with Gasteiger partial charge in [-0.05, 0) is 43.2 Å². The number of nitrogens with one attached hydrogen (secondary N) is 1. The molecule has 3 rings (SSSR count). The van der Waals surface area contributed by atoms with Gasteiger partial charge in [-0.1, -0.05) is 35.3 Å². The van der Waals surface area contributed by atoms with Crippen molar-refractivity contribution in [3.8, 4) is 11.5 Å². The van der Waals surface area contributed by atoms with Gasteiger partial charge in [0.2, 0.25) is 5.91 Å². The number of rotatable bonds is 9. The van der Waals surface area contributed by atoms with Gasteiger partial charge in [-0.3, -0.25) is 9.59 Å². The van der Waals surface area contributed by atoms with Crippen molar-refractivity contribution in [1.29, 1.82) is 0 Å². The van der Waals surface area contributed by atoms with Gasteiger partial charge in [-0.2, -0.15) is 0 Å². The zero-order chi connectivity index (χ0) is 20.8. The molecule has 1 N–H and O–H groups in total. The number of halogens is 2. The number of carbonyl (C=O) groups excluding carboxylic acids is 2. The van der Waals surface area contributed by atoms with Gasteiger partial charge in [0.15, 0.2) is 18.1 Å². The van der Waals surface area contributed by atoms with E-state index in [2.05, 4.69) is 5.32 Å². The van der Waals surface area contributed by atoms with Crippen molar-refractivity contribution in [2.24, 2.45) is 0 Å². The van der Waals surface area contributed by atoms with Gasteiger partial charge in [0.25, 0.3) is 5.91 Å². The third-order valence-electron chi connectivity index (χ3n) is 4.45. The average molecular weight is 437 g/mol. The van der Waals surface area contributed by atoms with Crippen LogP contribution in [0.4, 0.5) is 5.69 Å². The fourth-order valence-electron chi connectivity index (χ4n) is 2.93. The summed E-state index contributed by atoms with van der Waals surface area (Å²) in [7, 11) is 1.55. The number of amides is 2. The van der Waals surface area contributed by atoms with Crippen molar-refractivity contribution in [2.75, 3.05) is 25.6 Å². The van der Waals surface area contributed by atoms with Crippen LogP contribution in [0.3, 0.4) is 0 Å². The highest BCUT2D eigenvalue weighted by atomic mass is 35.5. The van der Waals surface area contributed by atoms with Crippen LogP contribution in [0.5, 0.6) is 11.5 Å². The van der Waals surface area contributed by atoms with Crippen molar-refractivity contribution in [3.05, 3.63) is 52.5 Å². The minimum absolute atomic E-state index is 0.109. The highest BCUT2D eigenvalue weighted by Gasteiger charge is 2.32. The summed E-state index contributed by atoms with van der Waals surface area (Å²) in [6, 6.07) is 12.2. The van der Waals surface area contributed by atoms with E-state index in [9.17, 15) is 9.59 Å². The standard InChI is InChI=1S/C21H22Cl2N2O4/c1-28-18-4-2-3-5-19(18)29-13-21(27)25(17-6-7-17)9-8-20(26)24-16-11-14(22)10-15(23)12-16/h2-5,10-12,17H,6-9,13H2,1H3,(H,24,26). The first-order valence-corrected chi connectivity index (χ1v) is 10.0. The Balaban J connectivity index is 1.53. The molecule has 29 heavy (non-hydrogen) atoms. The molecule has 0 bridgehead atoms. The fraction of sp³-hybridized carbons (Fsp3) is 0.333. The highest BCUT2D eigenvalue weighted by molar-refractivity contribution is 6.35. The quantitative estimate of drug-likeness (QED) is 0.632. The second-order valence-corrected chi connectivity index (χ2v) is 7.59. The van der Waals surface area contributed by atoms with Crippen molar-refractivity contribution >= 4 is 40.7 Å². The van der Waals surface area contributed by atoms with E-state index in [-0.39, 0.29) is 30.9 Å². The molecule has 0 radical (unpaired) electrons. The SMILES string of the molecule is COc1ccccc1OCC(=O)N(CCC(=O)Nc1cc(Cl)cc(Cl)c1)C1CC1. The Bertz CT molecular complexity index is 866. The highest BCUT2D eigenvalue weighted by Crippen LogP contribution is 2.29. The lowest BCUT2D eigenvalue weighted by atomic mass is 10.3. The summed E-state index contributed by atoms with van der Waals surface area (Å²) in [6.07, 6.45) is 2.04. The zero-order valence-electron chi connectivity index (χ0n) is 16.0. The maximum absolute atomic E-state index is 12.7. The number of nitrogens with zero attached hydrogens (tertiary/aromatic N) is 1. The van der Waals surface area contributed by atoms with E-state index in [1.54, 1.807) is 42.3 Å². The maximum Gasteiger partial charge on any atom is 0.260 e. The molecule has 0 unspecified atom stereocenters. The van der Waals surface area contributed by atoms with Crippen LogP contribution in [0, 0.1) is 0 Å². The van der Waals surface area contributed by atoms with Crippen molar-refractivity contribution < 1.29 is 19.1 Å². The lowest BCUT2D eigenvalue weighted by Gasteiger charge is -2.22. The van der Waals surface area contributed by atoms with Crippen molar-refractivity contribution in [1.82, 2.24) is 4.90 Å². The normalized spacial score (nSPS) is 12.9. The molecule has 154 valence electrons. The Morgan fingerprint density at radius 2 is 1.76 bits per heavy atom. The monoisotopic (exact) mass is 436 g/mol. The number of ether oxygens (including phenoxy) is 2. The summed E-state index contributed by atoms with van der Waals surface area (Å²) in [5.74, 6) is 0.706. The zero-order valence-corrected chi connectivity index (χ0v) is 17.5. The van der Waals surface area contributed by atoms with Crippen LogP contribution < -0.4 is 14.8 Å². The molecule has 2 aromatic rings. The predicted octanol–water partition coefficient (Wildman–Crippen LogP) is 4.40. The molecule has 2 aromatic carbocycles. The maximum atomic E-state index is 12.7. The molecule has 1 aliphatic carbocycles. The lowest BCUT2D eigenvalue weighted by Crippen LogP contribution is -2.38. The molecule has 6 nitrogen and oxygen atoms in total. The number of hydrogen-bond donors (Lipinski definition) is 1. The molecule has 1 aliphatic rings. The molecular formula is C21H22Cl2N2O4. The summed E-state index contributed by atoms with van der Waals surface area (Å²) in [5.41, 5.74) is 0.524. The van der Waals surface area contributed by atoms with Crippen LogP contribution >= 0.6 is 23.2 Å². The minimum atomic E-state index is -0.215. The van der Waals surface area contributed by atoms with E-state index in [0.29, 0.717) is 33.8 Å². The van der Waals surface area contributed by atoms with Gasteiger partial charge < -0.3 is 19.7 Å². The molecule has 0 heterocycles. The Kier molecular flexibility index (Phi) is 7.23. The first-order valence-electron chi connectivity index (χ1n) is 9.27. The Labute approximate surface area is 179 Å². The smallest absolute Gasteiger partial charge is 0.260 e. The van der Waals surface area contributed by atoms with Gasteiger partial charge >= 0.3 is 0 Å². The summed E-state index contributed by atoms with van der Waals surface area (Å²) in [4.78, 5) is 26.6. The van der Waals surface area contributed by atoms with E-state index in [1.807, 2.05) is 12.1 Å². The van der Waals surface area contributed by atoms with E-state index >= 15 is 0 Å². The van der Waals surface area contributed by atoms with Crippen LogP contribution in [-0.4, -0.2) is 43.0 Å². The molecule has 8 heteroatoms. The number of anilines is 1. The van der Waals surface area contributed by atoms with E-state index in [4.69, 9.17) is 32.7 Å². The second kappa shape index (κ2) is 9.85. The number of carbonyl (C=O) groups is 2. The molecular weight excluding hydrogens is 415 g/mol. The summed E-state index contributed by atoms with van der Waals surface area (Å²) in [5, 5.41) is 3.64. The fourth-order valence-corrected chi connectivity index (χ4v) is 3.46. The first kappa shape index (κ1) is 21.3. The van der Waals surface area contributed by atoms with E-state index in [1.165, 1.54) is 0 Å². The predicted molar refractivity (Wildman–Crippen MR) is 113 cm³/mol. The van der Waals surface area contributed by atoms with Crippen LogP contribution in [-0.2, 0) is 9.59 Å². The molecule has 0 aromatic heterocycles. The van der Waals surface area contributed by atoms with Gasteiger partial charge in [0.1, 0.15) is 0 Å². The lowest BCUT2D eigenvalue weighted by molar-refractivity contribution is -0.134. The molecule has 0 aliphatic heterocycles. The number of para-hydroxylation sites is 2. The van der Waals surface area contributed by atoms with Crippen LogP contribution in [0.25, 0.3) is 0 Å². The summed E-state index contributed by atoms with van der Waals surface area (Å²) < 4.78 is 10.9. The second-order valence-electron chi connectivity index (χ2n) is 6.71. The third kappa shape index (κ3) is 6.27. The van der Waals surface area contributed by atoms with Gasteiger partial charge in [0, 0.05) is 34.7 Å². The third-order valence-corrected chi connectivity index (χ3v) is 4.89. The Morgan fingerprint density at radius 3 is 2.38 bits per heavy atom. The molecule has 2 amide bonds. The molecule has 1 fully saturated rings. The van der Waals surface area contributed by atoms with Gasteiger partial charge in [0.05, 0.1) is 7.11 Å². The van der Waals surface area contributed by atoms with Crippen LogP contribution in [0.1, 0.15) is 19.3 Å². The molecule has 0 spiro atoms. The topological polar surface area (TPSA) is 67.9 Å². The van der Waals surface area contributed by atoms with E-state index in [0.717, 1.165) is 12.8 Å². The summed E-state index contributed by atoms with van der Waals surface area (Å²) in [6.45, 7) is 0.210. The first-order chi connectivity index (χ1) is 14.0. The molecule has 0 atom stereocenters. The molecule has 1 saturated carbocycles.